The molecule has 3 heterocycles. The number of allylic oxidation sites excluding steroid dienone is 3. The summed E-state index contributed by atoms with van der Waals surface area (Å²) in [5.74, 6) is -0.282. The molecule has 0 bridgehead atoms. The molecule has 17 atom stereocenters. The summed E-state index contributed by atoms with van der Waals surface area (Å²) in [6, 6.07) is -0.986. The second kappa shape index (κ2) is 49.9. The van der Waals surface area contributed by atoms with Crippen molar-refractivity contribution < 1.29 is 89.4 Å². The van der Waals surface area contributed by atoms with Crippen molar-refractivity contribution in [2.24, 2.45) is 0 Å². The van der Waals surface area contributed by atoms with Crippen molar-refractivity contribution in [3.8, 4) is 0 Å². The summed E-state index contributed by atoms with van der Waals surface area (Å²) in [4.78, 5) is 13.4. The van der Waals surface area contributed by atoms with Gasteiger partial charge >= 0.3 is 0 Å². The first-order chi connectivity index (χ1) is 41.8. The molecule has 0 aromatic rings. The van der Waals surface area contributed by atoms with Crippen LogP contribution in [-0.4, -0.2) is 193 Å². The molecular weight excluding hydrogens is 1110 g/mol. The number of hydrogen-bond donors (Lipinski definition) is 12. The van der Waals surface area contributed by atoms with Gasteiger partial charge in [-0.15, -0.1) is 0 Å². The highest BCUT2D eigenvalue weighted by Gasteiger charge is 2.53. The Kier molecular flexibility index (Phi) is 45.6. The Morgan fingerprint density at radius 3 is 1.16 bits per heavy atom. The lowest BCUT2D eigenvalue weighted by Gasteiger charge is -2.48. The molecule has 506 valence electrons. The normalized spacial score (nSPS) is 28.9. The van der Waals surface area contributed by atoms with E-state index < -0.39 is 124 Å². The van der Waals surface area contributed by atoms with Crippen LogP contribution in [0, 0.1) is 0 Å². The maximum absolute atomic E-state index is 13.4. The second-order valence-corrected chi connectivity index (χ2v) is 25.0. The van der Waals surface area contributed by atoms with Crippen molar-refractivity contribution >= 4 is 5.91 Å². The van der Waals surface area contributed by atoms with Gasteiger partial charge in [0.15, 0.2) is 18.9 Å². The molecule has 1 amide bonds. The fourth-order valence-electron chi connectivity index (χ4n) is 11.9. The first-order valence-electron chi connectivity index (χ1n) is 34.6. The molecule has 17 unspecified atom stereocenters. The highest BCUT2D eigenvalue weighted by atomic mass is 16.8. The number of amides is 1. The Bertz CT molecular complexity index is 1660. The van der Waals surface area contributed by atoms with E-state index in [1.54, 1.807) is 6.08 Å². The van der Waals surface area contributed by atoms with E-state index in [0.29, 0.717) is 12.8 Å². The van der Waals surface area contributed by atoms with E-state index in [9.17, 15) is 61.0 Å². The fourth-order valence-corrected chi connectivity index (χ4v) is 11.9. The molecule has 0 radical (unpaired) electrons. The molecule has 0 aromatic heterocycles. The van der Waals surface area contributed by atoms with Gasteiger partial charge in [0.1, 0.15) is 73.2 Å². The van der Waals surface area contributed by atoms with E-state index >= 15 is 0 Å². The first-order valence-corrected chi connectivity index (χ1v) is 34.6. The second-order valence-electron chi connectivity index (χ2n) is 25.0. The van der Waals surface area contributed by atoms with Gasteiger partial charge < -0.3 is 89.9 Å². The van der Waals surface area contributed by atoms with Gasteiger partial charge in [0.25, 0.3) is 0 Å². The van der Waals surface area contributed by atoms with E-state index in [1.807, 2.05) is 6.08 Å². The van der Waals surface area contributed by atoms with Crippen LogP contribution < -0.4 is 5.32 Å². The SMILES string of the molecule is CCCCCCCCCCCCCCCCCCCCCC/C=C/CC/C=C/C(O)C(COC1OC(CO)C(OC2OC(CO)C(OC3OC(CO)C(O)C(O)C3O)C(O)C2O)C(O)C1O)NC(=O)CCCCCCCCCCCCCCCCC. The number of rotatable bonds is 53. The molecule has 19 nitrogen and oxygen atoms in total. The fraction of sp³-hybridized carbons (Fsp3) is 0.925. The van der Waals surface area contributed by atoms with Crippen molar-refractivity contribution in [3.05, 3.63) is 24.3 Å². The number of carbonyl (C=O) groups is 1. The summed E-state index contributed by atoms with van der Waals surface area (Å²) in [6.07, 6.45) is 28.8. The minimum Gasteiger partial charge on any atom is -0.394 e. The number of aliphatic hydroxyl groups excluding tert-OH is 11. The Morgan fingerprint density at radius 2 is 0.744 bits per heavy atom. The van der Waals surface area contributed by atoms with Gasteiger partial charge in [-0.25, -0.2) is 0 Å². The molecule has 0 aromatic carbocycles. The van der Waals surface area contributed by atoms with E-state index in [-0.39, 0.29) is 18.9 Å². The average molecular weight is 1230 g/mol. The molecule has 86 heavy (non-hydrogen) atoms. The Morgan fingerprint density at radius 1 is 0.407 bits per heavy atom. The highest BCUT2D eigenvalue weighted by molar-refractivity contribution is 5.76. The number of nitrogens with one attached hydrogen (secondary N) is 1. The summed E-state index contributed by atoms with van der Waals surface area (Å²) >= 11 is 0. The van der Waals surface area contributed by atoms with Gasteiger partial charge in [0.05, 0.1) is 38.6 Å². The maximum Gasteiger partial charge on any atom is 0.220 e. The summed E-state index contributed by atoms with van der Waals surface area (Å²) < 4.78 is 34.3. The Hall–Kier alpha value is -1.73. The third kappa shape index (κ3) is 32.0. The lowest BCUT2D eigenvalue weighted by atomic mass is 9.96. The largest absolute Gasteiger partial charge is 0.394 e. The monoisotopic (exact) mass is 1230 g/mol. The Labute approximate surface area is 518 Å². The summed E-state index contributed by atoms with van der Waals surface area (Å²) in [5, 5.41) is 120. The van der Waals surface area contributed by atoms with Crippen LogP contribution in [0.1, 0.15) is 264 Å². The molecule has 12 N–H and O–H groups in total. The Balaban J connectivity index is 1.44. The zero-order chi connectivity index (χ0) is 62.6. The van der Waals surface area contributed by atoms with E-state index in [0.717, 1.165) is 38.5 Å². The summed E-state index contributed by atoms with van der Waals surface area (Å²) in [7, 11) is 0. The highest BCUT2D eigenvalue weighted by Crippen LogP contribution is 2.33. The number of carbonyl (C=O) groups excluding carboxylic acids is 1. The van der Waals surface area contributed by atoms with Crippen molar-refractivity contribution in [1.82, 2.24) is 5.32 Å². The van der Waals surface area contributed by atoms with Crippen LogP contribution in [0.25, 0.3) is 0 Å². The van der Waals surface area contributed by atoms with E-state index in [4.69, 9.17) is 28.4 Å². The average Bonchev–Trinajstić information content (AvgIpc) is 1.88. The molecule has 3 aliphatic heterocycles. The van der Waals surface area contributed by atoms with Gasteiger partial charge in [-0.1, -0.05) is 250 Å². The van der Waals surface area contributed by atoms with Crippen molar-refractivity contribution in [3.63, 3.8) is 0 Å². The minimum atomic E-state index is -1.98. The van der Waals surface area contributed by atoms with Crippen molar-refractivity contribution in [2.45, 2.75) is 369 Å². The molecule has 0 spiro atoms. The van der Waals surface area contributed by atoms with Crippen LogP contribution in [0.5, 0.6) is 0 Å². The summed E-state index contributed by atoms with van der Waals surface area (Å²) in [6.45, 7) is 1.74. The van der Waals surface area contributed by atoms with Crippen LogP contribution in [0.3, 0.4) is 0 Å². The predicted molar refractivity (Wildman–Crippen MR) is 333 cm³/mol. The third-order valence-corrected chi connectivity index (χ3v) is 17.5. The molecule has 0 saturated carbocycles. The number of unbranched alkanes of at least 4 members (excludes halogenated alkanes) is 35. The van der Waals surface area contributed by atoms with Crippen molar-refractivity contribution in [2.75, 3.05) is 26.4 Å². The molecule has 19 heteroatoms. The topological polar surface area (TPSA) is 307 Å². The zero-order valence-corrected chi connectivity index (χ0v) is 53.3. The maximum atomic E-state index is 13.4. The smallest absolute Gasteiger partial charge is 0.220 e. The third-order valence-electron chi connectivity index (χ3n) is 17.5. The standard InChI is InChI=1S/C67H125NO18/c1-3-5-7-9-11-13-15-17-19-20-21-22-23-24-25-26-27-28-29-31-32-34-36-38-40-42-44-51(72)50(68-55(73)45-43-41-39-37-35-33-30-18-16-14-12-10-8-6-4-2)49-81-65-61(79)58(76)63(53(47-70)83-65)86-67-62(80)59(77)64(54(48-71)84-67)85-66-60(78)57(75)56(74)52(46-69)82-66/h34,36,42,44,50-54,56-67,69-72,74-80H,3-33,35,37-41,43,45-49H2,1-2H3,(H,68,73)/b36-34+,44-42+. The first kappa shape index (κ1) is 78.5. The van der Waals surface area contributed by atoms with Crippen LogP contribution >= 0.6 is 0 Å². The van der Waals surface area contributed by atoms with Crippen LogP contribution in [0.2, 0.25) is 0 Å². The van der Waals surface area contributed by atoms with E-state index in [1.165, 1.54) is 193 Å². The number of hydrogen-bond acceptors (Lipinski definition) is 18. The summed E-state index contributed by atoms with van der Waals surface area (Å²) in [5.41, 5.74) is 0. The lowest BCUT2D eigenvalue weighted by Crippen LogP contribution is -2.66. The van der Waals surface area contributed by atoms with Crippen LogP contribution in [0.4, 0.5) is 0 Å². The molecule has 3 aliphatic rings. The van der Waals surface area contributed by atoms with Gasteiger partial charge in [0, 0.05) is 6.42 Å². The van der Waals surface area contributed by atoms with Gasteiger partial charge in [0.2, 0.25) is 5.91 Å². The quantitative estimate of drug-likeness (QED) is 0.0200. The number of aliphatic hydroxyl groups is 11. The van der Waals surface area contributed by atoms with Gasteiger partial charge in [-0.05, 0) is 32.1 Å². The molecule has 3 rings (SSSR count). The molecule has 3 fully saturated rings. The molecular formula is C67H125NO18. The molecule has 3 saturated heterocycles. The van der Waals surface area contributed by atoms with Crippen LogP contribution in [-0.2, 0) is 33.2 Å². The van der Waals surface area contributed by atoms with Crippen molar-refractivity contribution in [1.29, 1.82) is 0 Å². The minimum absolute atomic E-state index is 0.240. The molecule has 0 aliphatic carbocycles. The lowest BCUT2D eigenvalue weighted by molar-refractivity contribution is -0.379. The van der Waals surface area contributed by atoms with Gasteiger partial charge in [-0.2, -0.15) is 0 Å². The zero-order valence-electron chi connectivity index (χ0n) is 53.3. The number of ether oxygens (including phenoxy) is 6. The van der Waals surface area contributed by atoms with Crippen LogP contribution in [0.15, 0.2) is 24.3 Å². The van der Waals surface area contributed by atoms with E-state index in [2.05, 4.69) is 31.3 Å². The van der Waals surface area contributed by atoms with Gasteiger partial charge in [-0.3, -0.25) is 4.79 Å². The predicted octanol–water partition coefficient (Wildman–Crippen LogP) is 8.66.